The Morgan fingerprint density at radius 3 is 2.38 bits per heavy atom. The second-order valence-corrected chi connectivity index (χ2v) is 7.96. The molecule has 8 heteroatoms. The number of halogens is 3. The van der Waals surface area contributed by atoms with Crippen LogP contribution in [0.3, 0.4) is 0 Å². The van der Waals surface area contributed by atoms with Crippen LogP contribution in [0.25, 0.3) is 16.5 Å². The number of anilines is 1. The number of para-hydroxylation sites is 1. The number of likely N-dealkylation sites (N-methyl/N-ethyl adjacent to an activating group) is 1. The molecule has 0 radical (unpaired) electrons. The standard InChI is InChI=1S/C24H21F3N2O2S/c1-2-29(16-22(30)28-20-11-7-6-10-19(20)24(25,26)27)23(31)15-13-18-12-14-21(32-18)17-8-4-3-5-9-17/h3-15H,2,16H2,1H3,(H,28,30)/b15-13-. The summed E-state index contributed by atoms with van der Waals surface area (Å²) < 4.78 is 39.3. The van der Waals surface area contributed by atoms with Crippen molar-refractivity contribution < 1.29 is 22.8 Å². The zero-order valence-corrected chi connectivity index (χ0v) is 18.0. The maximum absolute atomic E-state index is 13.1. The number of thiophene rings is 1. The van der Waals surface area contributed by atoms with Gasteiger partial charge in [-0.15, -0.1) is 11.3 Å². The van der Waals surface area contributed by atoms with Crippen molar-refractivity contribution >= 4 is 34.9 Å². The highest BCUT2D eigenvalue weighted by molar-refractivity contribution is 7.16. The van der Waals surface area contributed by atoms with E-state index < -0.39 is 23.6 Å². The summed E-state index contributed by atoms with van der Waals surface area (Å²) in [6.45, 7) is 1.57. The molecule has 32 heavy (non-hydrogen) atoms. The van der Waals surface area contributed by atoms with E-state index in [1.807, 2.05) is 42.5 Å². The molecule has 2 aromatic carbocycles. The van der Waals surface area contributed by atoms with E-state index in [9.17, 15) is 22.8 Å². The predicted molar refractivity (Wildman–Crippen MR) is 121 cm³/mol. The van der Waals surface area contributed by atoms with Crippen molar-refractivity contribution in [3.8, 4) is 10.4 Å². The minimum Gasteiger partial charge on any atom is -0.330 e. The fourth-order valence-corrected chi connectivity index (χ4v) is 3.92. The van der Waals surface area contributed by atoms with Crippen LogP contribution in [0, 0.1) is 0 Å². The van der Waals surface area contributed by atoms with E-state index in [4.69, 9.17) is 0 Å². The van der Waals surface area contributed by atoms with Crippen molar-refractivity contribution in [3.63, 3.8) is 0 Å². The molecule has 2 amide bonds. The Morgan fingerprint density at radius 1 is 1.00 bits per heavy atom. The SMILES string of the molecule is CCN(CC(=O)Nc1ccccc1C(F)(F)F)C(=O)/C=C\c1ccc(-c2ccccc2)s1. The van der Waals surface area contributed by atoms with E-state index in [1.165, 1.54) is 40.5 Å². The molecule has 4 nitrogen and oxygen atoms in total. The average molecular weight is 459 g/mol. The first-order chi connectivity index (χ1) is 15.3. The highest BCUT2D eigenvalue weighted by Gasteiger charge is 2.33. The number of carbonyl (C=O) groups is 2. The van der Waals surface area contributed by atoms with Gasteiger partial charge in [0.1, 0.15) is 6.54 Å². The molecule has 0 atom stereocenters. The number of alkyl halides is 3. The molecule has 0 fully saturated rings. The first-order valence-electron chi connectivity index (χ1n) is 9.86. The van der Waals surface area contributed by atoms with Crippen LogP contribution in [0.2, 0.25) is 0 Å². The zero-order chi connectivity index (χ0) is 23.1. The van der Waals surface area contributed by atoms with Crippen molar-refractivity contribution in [1.82, 2.24) is 4.90 Å². The number of nitrogens with one attached hydrogen (secondary N) is 1. The molecule has 1 heterocycles. The minimum atomic E-state index is -4.59. The van der Waals surface area contributed by atoms with E-state index in [-0.39, 0.29) is 18.8 Å². The molecule has 1 aromatic heterocycles. The van der Waals surface area contributed by atoms with Crippen LogP contribution in [0.5, 0.6) is 0 Å². The molecule has 1 N–H and O–H groups in total. The monoisotopic (exact) mass is 458 g/mol. The highest BCUT2D eigenvalue weighted by atomic mass is 32.1. The van der Waals surface area contributed by atoms with Crippen molar-refractivity contribution in [2.24, 2.45) is 0 Å². The van der Waals surface area contributed by atoms with Crippen LogP contribution in [0.15, 0.2) is 72.8 Å². The van der Waals surface area contributed by atoms with Gasteiger partial charge in [-0.05, 0) is 42.8 Å². The number of hydrogen-bond donors (Lipinski definition) is 1. The molecular weight excluding hydrogens is 437 g/mol. The van der Waals surface area contributed by atoms with Gasteiger partial charge in [-0.1, -0.05) is 42.5 Å². The Morgan fingerprint density at radius 2 is 1.69 bits per heavy atom. The molecule has 0 unspecified atom stereocenters. The van der Waals surface area contributed by atoms with E-state index in [0.29, 0.717) is 0 Å². The van der Waals surface area contributed by atoms with Gasteiger partial charge in [-0.25, -0.2) is 0 Å². The maximum atomic E-state index is 13.1. The normalized spacial score (nSPS) is 11.5. The fourth-order valence-electron chi connectivity index (χ4n) is 3.01. The molecule has 0 saturated carbocycles. The van der Waals surface area contributed by atoms with Crippen molar-refractivity contribution in [2.75, 3.05) is 18.4 Å². The molecule has 0 aliphatic carbocycles. The van der Waals surface area contributed by atoms with Gasteiger partial charge in [0.2, 0.25) is 11.8 Å². The number of rotatable bonds is 7. The molecular formula is C24H21F3N2O2S. The Bertz CT molecular complexity index is 1110. The molecule has 0 aliphatic rings. The van der Waals surface area contributed by atoms with Crippen molar-refractivity contribution in [3.05, 3.63) is 83.2 Å². The summed E-state index contributed by atoms with van der Waals surface area (Å²) in [5.74, 6) is -1.10. The maximum Gasteiger partial charge on any atom is 0.418 e. The Labute approximate surface area is 188 Å². The van der Waals surface area contributed by atoms with E-state index >= 15 is 0 Å². The van der Waals surface area contributed by atoms with Gasteiger partial charge < -0.3 is 10.2 Å². The van der Waals surface area contributed by atoms with Crippen LogP contribution in [0.4, 0.5) is 18.9 Å². The van der Waals surface area contributed by atoms with E-state index in [1.54, 1.807) is 13.0 Å². The fraction of sp³-hybridized carbons (Fsp3) is 0.167. The van der Waals surface area contributed by atoms with Crippen LogP contribution in [-0.4, -0.2) is 29.8 Å². The summed E-state index contributed by atoms with van der Waals surface area (Å²) in [7, 11) is 0. The van der Waals surface area contributed by atoms with Crippen LogP contribution >= 0.6 is 11.3 Å². The first kappa shape index (κ1) is 23.3. The molecule has 166 valence electrons. The van der Waals surface area contributed by atoms with Gasteiger partial charge >= 0.3 is 6.18 Å². The summed E-state index contributed by atoms with van der Waals surface area (Å²) in [6, 6.07) is 18.4. The second kappa shape index (κ2) is 10.3. The smallest absolute Gasteiger partial charge is 0.330 e. The summed E-state index contributed by atoms with van der Waals surface area (Å²) >= 11 is 1.52. The highest BCUT2D eigenvalue weighted by Crippen LogP contribution is 2.34. The quantitative estimate of drug-likeness (QED) is 0.446. The molecule has 3 rings (SSSR count). The van der Waals surface area contributed by atoms with E-state index in [0.717, 1.165) is 21.4 Å². The lowest BCUT2D eigenvalue weighted by Gasteiger charge is -2.19. The summed E-state index contributed by atoms with van der Waals surface area (Å²) in [5, 5.41) is 2.26. The summed E-state index contributed by atoms with van der Waals surface area (Å²) in [5.41, 5.74) is -0.194. The number of benzene rings is 2. The number of hydrogen-bond acceptors (Lipinski definition) is 3. The lowest BCUT2D eigenvalue weighted by molar-refractivity contribution is -0.137. The number of nitrogens with zero attached hydrogens (tertiary/aromatic N) is 1. The lowest BCUT2D eigenvalue weighted by atomic mass is 10.1. The van der Waals surface area contributed by atoms with Crippen LogP contribution in [0.1, 0.15) is 17.4 Å². The topological polar surface area (TPSA) is 49.4 Å². The number of amides is 2. The van der Waals surface area contributed by atoms with E-state index in [2.05, 4.69) is 5.32 Å². The Kier molecular flexibility index (Phi) is 7.48. The number of carbonyl (C=O) groups excluding carboxylic acids is 2. The van der Waals surface area contributed by atoms with Gasteiger partial charge in [0.25, 0.3) is 0 Å². The van der Waals surface area contributed by atoms with Gasteiger partial charge in [0, 0.05) is 22.4 Å². The third-order valence-electron chi connectivity index (χ3n) is 4.61. The van der Waals surface area contributed by atoms with Crippen LogP contribution in [-0.2, 0) is 15.8 Å². The van der Waals surface area contributed by atoms with Gasteiger partial charge in [0.05, 0.1) is 11.3 Å². The molecule has 0 saturated heterocycles. The Balaban J connectivity index is 1.63. The van der Waals surface area contributed by atoms with Gasteiger partial charge in [-0.3, -0.25) is 9.59 Å². The second-order valence-electron chi connectivity index (χ2n) is 6.85. The van der Waals surface area contributed by atoms with Crippen molar-refractivity contribution in [2.45, 2.75) is 13.1 Å². The lowest BCUT2D eigenvalue weighted by Crippen LogP contribution is -2.37. The minimum absolute atomic E-state index is 0.233. The largest absolute Gasteiger partial charge is 0.418 e. The third-order valence-corrected chi connectivity index (χ3v) is 5.71. The van der Waals surface area contributed by atoms with Gasteiger partial charge in [-0.2, -0.15) is 13.2 Å². The Hall–Kier alpha value is -3.39. The molecule has 0 aliphatic heterocycles. The molecule has 0 bridgehead atoms. The van der Waals surface area contributed by atoms with Crippen molar-refractivity contribution in [1.29, 1.82) is 0 Å². The summed E-state index contributed by atoms with van der Waals surface area (Å²) in [4.78, 5) is 28.0. The predicted octanol–water partition coefficient (Wildman–Crippen LogP) is 5.93. The average Bonchev–Trinajstić information content (AvgIpc) is 3.25. The first-order valence-corrected chi connectivity index (χ1v) is 10.7. The summed E-state index contributed by atoms with van der Waals surface area (Å²) in [6.07, 6.45) is -1.56. The molecule has 0 spiro atoms. The van der Waals surface area contributed by atoms with Gasteiger partial charge in [0.15, 0.2) is 0 Å². The molecule has 3 aromatic rings. The third kappa shape index (κ3) is 6.07. The zero-order valence-electron chi connectivity index (χ0n) is 17.2. The van der Waals surface area contributed by atoms with Crippen LogP contribution < -0.4 is 5.32 Å².